The third kappa shape index (κ3) is 3.95. The van der Waals surface area contributed by atoms with E-state index in [0.29, 0.717) is 5.46 Å². The van der Waals surface area contributed by atoms with Gasteiger partial charge in [0.25, 0.3) is 0 Å². The van der Waals surface area contributed by atoms with Gasteiger partial charge in [0.2, 0.25) is 0 Å². The maximum Gasteiger partial charge on any atom is 0.496 e. The summed E-state index contributed by atoms with van der Waals surface area (Å²) in [6, 6.07) is 1.61. The van der Waals surface area contributed by atoms with Crippen molar-refractivity contribution in [2.24, 2.45) is 5.41 Å². The van der Waals surface area contributed by atoms with Crippen molar-refractivity contribution in [3.8, 4) is 0 Å². The van der Waals surface area contributed by atoms with E-state index < -0.39 is 28.2 Å². The SMILES string of the molecule is CC(C)(C)CS(=O)(=O)c1cncc(B2OC(C)(C)C(C)(C)O2)c1. The maximum absolute atomic E-state index is 12.5. The first-order valence-corrected chi connectivity index (χ1v) is 9.42. The van der Waals surface area contributed by atoms with Crippen molar-refractivity contribution in [3.63, 3.8) is 0 Å². The molecule has 0 atom stereocenters. The number of sulfone groups is 1. The number of hydrogen-bond acceptors (Lipinski definition) is 5. The van der Waals surface area contributed by atoms with Crippen LogP contribution in [-0.4, -0.2) is 37.5 Å². The van der Waals surface area contributed by atoms with E-state index in [9.17, 15) is 8.42 Å². The average Bonchev–Trinajstić information content (AvgIpc) is 2.56. The summed E-state index contributed by atoms with van der Waals surface area (Å²) in [6.45, 7) is 13.5. The average molecular weight is 339 g/mol. The standard InChI is InChI=1S/C16H26BNO4S/c1-14(2,3)11-23(19,20)13-8-12(9-18-10-13)17-21-15(4,5)16(6,7)22-17/h8-10H,11H2,1-7H3. The second kappa shape index (κ2) is 5.57. The molecule has 0 aromatic carbocycles. The Morgan fingerprint density at radius 3 is 2.09 bits per heavy atom. The van der Waals surface area contributed by atoms with Crippen LogP contribution in [0.25, 0.3) is 0 Å². The summed E-state index contributed by atoms with van der Waals surface area (Å²) in [7, 11) is -4.01. The van der Waals surface area contributed by atoms with E-state index in [4.69, 9.17) is 9.31 Å². The fraction of sp³-hybridized carbons (Fsp3) is 0.688. The molecule has 0 amide bonds. The molecule has 0 saturated carbocycles. The minimum atomic E-state index is -3.40. The summed E-state index contributed by atoms with van der Waals surface area (Å²) in [5.74, 6) is 0.0640. The number of hydrogen-bond donors (Lipinski definition) is 0. The van der Waals surface area contributed by atoms with Crippen LogP contribution < -0.4 is 5.46 Å². The summed E-state index contributed by atoms with van der Waals surface area (Å²) in [4.78, 5) is 4.29. The van der Waals surface area contributed by atoms with E-state index in [1.165, 1.54) is 6.20 Å². The van der Waals surface area contributed by atoms with Gasteiger partial charge < -0.3 is 9.31 Å². The highest BCUT2D eigenvalue weighted by molar-refractivity contribution is 7.91. The van der Waals surface area contributed by atoms with Gasteiger partial charge in [-0.15, -0.1) is 0 Å². The zero-order valence-corrected chi connectivity index (χ0v) is 15.8. The van der Waals surface area contributed by atoms with Crippen molar-refractivity contribution >= 4 is 22.4 Å². The summed E-state index contributed by atoms with van der Waals surface area (Å²) in [5.41, 5.74) is -0.645. The lowest BCUT2D eigenvalue weighted by atomic mass is 9.80. The molecule has 1 fully saturated rings. The molecule has 1 saturated heterocycles. The number of aromatic nitrogens is 1. The second-order valence-electron chi connectivity index (χ2n) is 8.36. The fourth-order valence-corrected chi connectivity index (χ4v) is 4.21. The van der Waals surface area contributed by atoms with Crippen molar-refractivity contribution < 1.29 is 17.7 Å². The van der Waals surface area contributed by atoms with Gasteiger partial charge in [-0.05, 0) is 39.2 Å². The van der Waals surface area contributed by atoms with Gasteiger partial charge in [-0.2, -0.15) is 0 Å². The Bertz CT molecular complexity index is 676. The Hall–Kier alpha value is -0.915. The third-order valence-corrected chi connectivity index (χ3v) is 6.43. The van der Waals surface area contributed by atoms with E-state index in [1.807, 2.05) is 48.5 Å². The van der Waals surface area contributed by atoms with Gasteiger partial charge in [0.15, 0.2) is 9.84 Å². The van der Waals surface area contributed by atoms with E-state index in [-0.39, 0.29) is 16.1 Å². The lowest BCUT2D eigenvalue weighted by molar-refractivity contribution is 0.00578. The van der Waals surface area contributed by atoms with Crippen LogP contribution in [-0.2, 0) is 19.1 Å². The molecule has 0 aliphatic carbocycles. The molecule has 1 aromatic heterocycles. The van der Waals surface area contributed by atoms with Gasteiger partial charge in [0.1, 0.15) is 0 Å². The summed E-state index contributed by atoms with van der Waals surface area (Å²) in [6.07, 6.45) is 2.98. The van der Waals surface area contributed by atoms with Crippen LogP contribution in [0.5, 0.6) is 0 Å². The number of nitrogens with zero attached hydrogens (tertiary/aromatic N) is 1. The Balaban J connectivity index is 2.32. The van der Waals surface area contributed by atoms with Gasteiger partial charge >= 0.3 is 7.12 Å². The van der Waals surface area contributed by atoms with Gasteiger partial charge in [-0.25, -0.2) is 8.42 Å². The number of rotatable bonds is 3. The topological polar surface area (TPSA) is 65.5 Å². The van der Waals surface area contributed by atoms with Crippen molar-refractivity contribution in [1.82, 2.24) is 4.98 Å². The zero-order valence-electron chi connectivity index (χ0n) is 15.0. The van der Waals surface area contributed by atoms with Gasteiger partial charge in [0.05, 0.1) is 21.9 Å². The normalized spacial score (nSPS) is 20.7. The van der Waals surface area contributed by atoms with Crippen molar-refractivity contribution in [2.45, 2.75) is 64.6 Å². The van der Waals surface area contributed by atoms with E-state index in [1.54, 1.807) is 12.3 Å². The van der Waals surface area contributed by atoms with E-state index in [2.05, 4.69) is 4.98 Å². The van der Waals surface area contributed by atoms with Crippen LogP contribution >= 0.6 is 0 Å². The molecule has 0 bridgehead atoms. The third-order valence-electron chi connectivity index (χ3n) is 4.24. The highest BCUT2D eigenvalue weighted by Crippen LogP contribution is 2.36. The minimum absolute atomic E-state index is 0.0640. The molecule has 128 valence electrons. The minimum Gasteiger partial charge on any atom is -0.399 e. The van der Waals surface area contributed by atoms with Gasteiger partial charge in [0, 0.05) is 17.9 Å². The molecule has 2 rings (SSSR count). The molecule has 7 heteroatoms. The monoisotopic (exact) mass is 339 g/mol. The van der Waals surface area contributed by atoms with Crippen LogP contribution in [0.3, 0.4) is 0 Å². The first-order chi connectivity index (χ1) is 10.2. The smallest absolute Gasteiger partial charge is 0.399 e. The molecule has 0 unspecified atom stereocenters. The highest BCUT2D eigenvalue weighted by Gasteiger charge is 2.52. The molecule has 0 radical (unpaired) electrons. The summed E-state index contributed by atoms with van der Waals surface area (Å²) in [5, 5.41) is 0. The second-order valence-corrected chi connectivity index (χ2v) is 10.4. The Morgan fingerprint density at radius 1 is 1.09 bits per heavy atom. The Labute approximate surface area is 139 Å². The lowest BCUT2D eigenvalue weighted by Crippen LogP contribution is -2.41. The first kappa shape index (κ1) is 18.4. The van der Waals surface area contributed by atoms with E-state index >= 15 is 0 Å². The fourth-order valence-electron chi connectivity index (χ4n) is 2.37. The quantitative estimate of drug-likeness (QED) is 0.790. The molecule has 1 aliphatic rings. The van der Waals surface area contributed by atoms with E-state index in [0.717, 1.165) is 0 Å². The maximum atomic E-state index is 12.5. The van der Waals surface area contributed by atoms with Crippen LogP contribution in [0.4, 0.5) is 0 Å². The predicted molar refractivity (Wildman–Crippen MR) is 91.5 cm³/mol. The summed E-state index contributed by atoms with van der Waals surface area (Å²) < 4.78 is 37.0. The molecular formula is C16H26BNO4S. The molecule has 0 N–H and O–H groups in total. The highest BCUT2D eigenvalue weighted by atomic mass is 32.2. The summed E-state index contributed by atoms with van der Waals surface area (Å²) >= 11 is 0. The van der Waals surface area contributed by atoms with Crippen LogP contribution in [0, 0.1) is 5.41 Å². The molecule has 1 aromatic rings. The molecule has 23 heavy (non-hydrogen) atoms. The largest absolute Gasteiger partial charge is 0.496 e. The van der Waals surface area contributed by atoms with Crippen LogP contribution in [0.15, 0.2) is 23.4 Å². The molecular weight excluding hydrogens is 313 g/mol. The van der Waals surface area contributed by atoms with Crippen LogP contribution in [0.1, 0.15) is 48.5 Å². The lowest BCUT2D eigenvalue weighted by Gasteiger charge is -2.32. The van der Waals surface area contributed by atoms with Crippen molar-refractivity contribution in [2.75, 3.05) is 5.75 Å². The molecule has 2 heterocycles. The Kier molecular flexibility index (Phi) is 4.46. The van der Waals surface area contributed by atoms with Crippen molar-refractivity contribution in [1.29, 1.82) is 0 Å². The predicted octanol–water partition coefficient (Wildman–Crippen LogP) is 2.20. The van der Waals surface area contributed by atoms with Gasteiger partial charge in [-0.1, -0.05) is 20.8 Å². The zero-order chi connectivity index (χ0) is 17.7. The first-order valence-electron chi connectivity index (χ1n) is 7.77. The molecule has 1 aliphatic heterocycles. The van der Waals surface area contributed by atoms with Crippen molar-refractivity contribution in [3.05, 3.63) is 18.5 Å². The number of pyridine rings is 1. The molecule has 5 nitrogen and oxygen atoms in total. The van der Waals surface area contributed by atoms with Crippen LogP contribution in [0.2, 0.25) is 0 Å². The molecule has 0 spiro atoms. The van der Waals surface area contributed by atoms with Gasteiger partial charge in [-0.3, -0.25) is 4.98 Å². The Morgan fingerprint density at radius 2 is 1.61 bits per heavy atom.